The summed E-state index contributed by atoms with van der Waals surface area (Å²) >= 11 is 0. The highest BCUT2D eigenvalue weighted by molar-refractivity contribution is 6.20. The summed E-state index contributed by atoms with van der Waals surface area (Å²) in [6.45, 7) is 1.65. The predicted octanol–water partition coefficient (Wildman–Crippen LogP) is 4.23. The number of aryl methyl sites for hydroxylation is 1. The summed E-state index contributed by atoms with van der Waals surface area (Å²) in [7, 11) is 1.63. The zero-order chi connectivity index (χ0) is 26.3. The minimum atomic E-state index is -1.19. The molecule has 1 aliphatic carbocycles. The average Bonchev–Trinajstić information content (AvgIpc) is 3.23. The summed E-state index contributed by atoms with van der Waals surface area (Å²) in [6, 6.07) is 16.4. The Morgan fingerprint density at radius 2 is 1.81 bits per heavy atom. The van der Waals surface area contributed by atoms with Crippen LogP contribution in [0.4, 0.5) is 14.5 Å². The highest BCUT2D eigenvalue weighted by atomic mass is 19.2. The van der Waals surface area contributed by atoms with E-state index in [0.717, 1.165) is 28.8 Å². The fourth-order valence-electron chi connectivity index (χ4n) is 4.84. The third-order valence-corrected chi connectivity index (χ3v) is 6.90. The van der Waals surface area contributed by atoms with Crippen molar-refractivity contribution in [1.29, 1.82) is 0 Å². The smallest absolute Gasteiger partial charge is 0.272 e. The van der Waals surface area contributed by atoms with Gasteiger partial charge in [0, 0.05) is 36.1 Å². The van der Waals surface area contributed by atoms with Gasteiger partial charge in [-0.2, -0.15) is 0 Å². The number of para-hydroxylation sites is 1. The topological polar surface area (TPSA) is 78.8 Å². The van der Waals surface area contributed by atoms with Crippen molar-refractivity contribution in [3.05, 3.63) is 100 Å². The van der Waals surface area contributed by atoms with E-state index in [-0.39, 0.29) is 12.2 Å². The number of ketones is 1. The Labute approximate surface area is 213 Å². The summed E-state index contributed by atoms with van der Waals surface area (Å²) in [4.78, 5) is 44.8. The van der Waals surface area contributed by atoms with Crippen molar-refractivity contribution in [3.63, 3.8) is 0 Å². The van der Waals surface area contributed by atoms with Crippen molar-refractivity contribution in [1.82, 2.24) is 5.32 Å². The molecule has 8 heteroatoms. The molecule has 1 N–H and O–H groups in total. The van der Waals surface area contributed by atoms with Crippen LogP contribution in [-0.4, -0.2) is 36.5 Å². The molecule has 0 radical (unpaired) electrons. The number of rotatable bonds is 5. The fraction of sp³-hybridized carbons (Fsp3) is 0.241. The Balaban J connectivity index is 1.47. The maximum atomic E-state index is 13.6. The first kappa shape index (κ1) is 24.5. The molecule has 1 heterocycles. The number of aliphatic imine (C=N–C) groups is 1. The van der Waals surface area contributed by atoms with Crippen LogP contribution in [-0.2, 0) is 22.4 Å². The second-order valence-electron chi connectivity index (χ2n) is 9.45. The predicted molar refractivity (Wildman–Crippen MR) is 136 cm³/mol. The Morgan fingerprint density at radius 3 is 2.59 bits per heavy atom. The number of Topliss-reactive ketones (excluding diaryl/α,β-unsaturated/α-hetero) is 1. The van der Waals surface area contributed by atoms with Crippen molar-refractivity contribution in [2.45, 2.75) is 32.4 Å². The summed E-state index contributed by atoms with van der Waals surface area (Å²) in [5, 5.41) is 2.74. The van der Waals surface area contributed by atoms with Crippen molar-refractivity contribution >= 4 is 29.0 Å². The average molecular weight is 502 g/mol. The molecule has 2 atom stereocenters. The SMILES string of the molecule is C[C@@H](Cc1ccc(F)c(F)c1)C(=O)NC1N=C(c2ccc3c(c2)CCC3=O)c2ccccc2N(C)C1=O. The number of hydrogen-bond acceptors (Lipinski definition) is 4. The molecule has 6 nitrogen and oxygen atoms in total. The first-order chi connectivity index (χ1) is 17.7. The van der Waals surface area contributed by atoms with E-state index in [0.29, 0.717) is 35.4 Å². The summed E-state index contributed by atoms with van der Waals surface area (Å²) < 4.78 is 26.9. The Bertz CT molecular complexity index is 1470. The Morgan fingerprint density at radius 1 is 1.03 bits per heavy atom. The monoisotopic (exact) mass is 501 g/mol. The molecule has 188 valence electrons. The number of likely N-dealkylation sites (N-methyl/N-ethyl adjacent to an activating group) is 1. The molecule has 1 unspecified atom stereocenters. The summed E-state index contributed by atoms with van der Waals surface area (Å²) in [5.41, 5.74) is 4.77. The second kappa shape index (κ2) is 9.69. The summed E-state index contributed by atoms with van der Waals surface area (Å²) in [5.74, 6) is -3.30. The van der Waals surface area contributed by atoms with Crippen LogP contribution in [0.3, 0.4) is 0 Å². The van der Waals surface area contributed by atoms with Crippen LogP contribution in [0.1, 0.15) is 46.0 Å². The van der Waals surface area contributed by atoms with Crippen molar-refractivity contribution < 1.29 is 23.2 Å². The molecule has 5 rings (SSSR count). The van der Waals surface area contributed by atoms with Gasteiger partial charge in [0.25, 0.3) is 5.91 Å². The largest absolute Gasteiger partial charge is 0.326 e. The third kappa shape index (κ3) is 4.67. The van der Waals surface area contributed by atoms with E-state index in [1.165, 1.54) is 11.0 Å². The highest BCUT2D eigenvalue weighted by Gasteiger charge is 2.32. The number of nitrogens with zero attached hydrogens (tertiary/aromatic N) is 2. The van der Waals surface area contributed by atoms with Gasteiger partial charge in [0.2, 0.25) is 12.1 Å². The van der Waals surface area contributed by atoms with Gasteiger partial charge < -0.3 is 10.2 Å². The first-order valence-corrected chi connectivity index (χ1v) is 12.1. The molecule has 2 aliphatic rings. The third-order valence-electron chi connectivity index (χ3n) is 6.90. The highest BCUT2D eigenvalue weighted by Crippen LogP contribution is 2.30. The van der Waals surface area contributed by atoms with E-state index < -0.39 is 35.5 Å². The molecule has 3 aromatic carbocycles. The van der Waals surface area contributed by atoms with Crippen LogP contribution in [0.2, 0.25) is 0 Å². The number of amides is 2. The minimum absolute atomic E-state index is 0.111. The number of carbonyl (C=O) groups is 3. The zero-order valence-corrected chi connectivity index (χ0v) is 20.4. The van der Waals surface area contributed by atoms with Gasteiger partial charge in [0.15, 0.2) is 17.4 Å². The van der Waals surface area contributed by atoms with Gasteiger partial charge in [-0.05, 0) is 48.2 Å². The molecule has 0 fully saturated rings. The van der Waals surface area contributed by atoms with Crippen LogP contribution in [0.5, 0.6) is 0 Å². The van der Waals surface area contributed by atoms with Gasteiger partial charge in [-0.15, -0.1) is 0 Å². The van der Waals surface area contributed by atoms with Gasteiger partial charge in [0.1, 0.15) is 0 Å². The van der Waals surface area contributed by atoms with Crippen LogP contribution < -0.4 is 10.2 Å². The summed E-state index contributed by atoms with van der Waals surface area (Å²) in [6.07, 6.45) is 0.0898. The molecule has 1 aliphatic heterocycles. The lowest BCUT2D eigenvalue weighted by Gasteiger charge is -2.22. The van der Waals surface area contributed by atoms with Crippen LogP contribution in [0, 0.1) is 17.6 Å². The maximum absolute atomic E-state index is 13.6. The molecule has 0 saturated carbocycles. The van der Waals surface area contributed by atoms with E-state index in [2.05, 4.69) is 5.32 Å². The normalized spacial score (nSPS) is 17.6. The van der Waals surface area contributed by atoms with Gasteiger partial charge in [-0.1, -0.05) is 43.3 Å². The molecular weight excluding hydrogens is 476 g/mol. The molecule has 2 amide bonds. The number of benzene rings is 3. The van der Waals surface area contributed by atoms with Crippen molar-refractivity contribution in [2.75, 3.05) is 11.9 Å². The first-order valence-electron chi connectivity index (χ1n) is 12.1. The molecule has 0 saturated heterocycles. The molecule has 37 heavy (non-hydrogen) atoms. The molecular formula is C29H25F2N3O3. The van der Waals surface area contributed by atoms with E-state index in [9.17, 15) is 23.2 Å². The number of halogens is 2. The lowest BCUT2D eigenvalue weighted by Crippen LogP contribution is -2.47. The van der Waals surface area contributed by atoms with Crippen molar-refractivity contribution in [2.24, 2.45) is 10.9 Å². The number of benzodiazepines with no additional fused rings is 1. The maximum Gasteiger partial charge on any atom is 0.272 e. The second-order valence-corrected chi connectivity index (χ2v) is 9.45. The quantitative estimate of drug-likeness (QED) is 0.569. The number of hydrogen-bond donors (Lipinski definition) is 1. The minimum Gasteiger partial charge on any atom is -0.326 e. The number of nitrogens with one attached hydrogen (secondary N) is 1. The number of carbonyl (C=O) groups excluding carboxylic acids is 3. The lowest BCUT2D eigenvalue weighted by molar-refractivity contribution is -0.129. The number of anilines is 1. The fourth-order valence-corrected chi connectivity index (χ4v) is 4.84. The van der Waals surface area contributed by atoms with E-state index in [1.54, 1.807) is 20.0 Å². The van der Waals surface area contributed by atoms with Crippen LogP contribution in [0.25, 0.3) is 0 Å². The van der Waals surface area contributed by atoms with E-state index in [1.807, 2.05) is 36.4 Å². The Kier molecular flexibility index (Phi) is 6.41. The van der Waals surface area contributed by atoms with E-state index >= 15 is 0 Å². The van der Waals surface area contributed by atoms with Gasteiger partial charge >= 0.3 is 0 Å². The van der Waals surface area contributed by atoms with E-state index in [4.69, 9.17) is 4.99 Å². The zero-order valence-electron chi connectivity index (χ0n) is 20.4. The number of fused-ring (bicyclic) bond motifs is 2. The lowest BCUT2D eigenvalue weighted by atomic mass is 9.97. The molecule has 0 bridgehead atoms. The van der Waals surface area contributed by atoms with Crippen LogP contribution >= 0.6 is 0 Å². The van der Waals surface area contributed by atoms with Gasteiger partial charge in [-0.3, -0.25) is 14.4 Å². The Hall–Kier alpha value is -4.20. The molecule has 3 aromatic rings. The molecule has 0 aromatic heterocycles. The van der Waals surface area contributed by atoms with Crippen molar-refractivity contribution in [3.8, 4) is 0 Å². The molecule has 0 spiro atoms. The van der Waals surface area contributed by atoms with Crippen LogP contribution in [0.15, 0.2) is 65.7 Å². The standard InChI is InChI=1S/C29H25F2N3O3/c1-16(13-17-7-11-22(30)23(31)14-17)28(36)33-27-29(37)34(2)24-6-4-3-5-21(24)26(32-27)19-8-10-20-18(15-19)9-12-25(20)35/h3-8,10-11,14-16,27H,9,12-13H2,1-2H3,(H,33,36)/t16-,27?/m0/s1. The van der Waals surface area contributed by atoms with Gasteiger partial charge in [0.05, 0.1) is 11.4 Å². The van der Waals surface area contributed by atoms with Gasteiger partial charge in [-0.25, -0.2) is 13.8 Å².